The number of aromatic nitrogens is 2. The topological polar surface area (TPSA) is 56.5 Å². The van der Waals surface area contributed by atoms with Crippen LogP contribution in [0.2, 0.25) is 0 Å². The molecule has 0 aliphatic carbocycles. The second-order valence-corrected chi connectivity index (χ2v) is 4.43. The summed E-state index contributed by atoms with van der Waals surface area (Å²) in [6.45, 7) is 3.00. The van der Waals surface area contributed by atoms with Crippen molar-refractivity contribution in [2.75, 3.05) is 13.2 Å². The van der Waals surface area contributed by atoms with E-state index in [2.05, 4.69) is 4.98 Å². The number of imidazole rings is 1. The highest BCUT2D eigenvalue weighted by Crippen LogP contribution is 2.28. The predicted molar refractivity (Wildman–Crippen MR) is 75.9 cm³/mol. The molecule has 0 aliphatic rings. The molecule has 1 heterocycles. The summed E-state index contributed by atoms with van der Waals surface area (Å²) in [6.07, 6.45) is 4.42. The van der Waals surface area contributed by atoms with Gasteiger partial charge in [-0.1, -0.05) is 6.07 Å². The first kappa shape index (κ1) is 14.4. The van der Waals surface area contributed by atoms with Gasteiger partial charge in [-0.2, -0.15) is 0 Å². The van der Waals surface area contributed by atoms with Gasteiger partial charge in [0.15, 0.2) is 11.5 Å². The van der Waals surface area contributed by atoms with Crippen LogP contribution >= 0.6 is 0 Å². The quantitative estimate of drug-likeness (QED) is 0.839. The Bertz CT molecular complexity index is 552. The highest BCUT2D eigenvalue weighted by atomic mass is 16.5. The van der Waals surface area contributed by atoms with E-state index in [9.17, 15) is 0 Å². The van der Waals surface area contributed by atoms with Crippen LogP contribution in [-0.2, 0) is 20.1 Å². The van der Waals surface area contributed by atoms with E-state index in [1.54, 1.807) is 12.3 Å². The average Bonchev–Trinajstić information content (AvgIpc) is 2.86. The molecule has 20 heavy (non-hydrogen) atoms. The van der Waals surface area contributed by atoms with Gasteiger partial charge in [0.05, 0.1) is 19.8 Å². The Morgan fingerprint density at radius 2 is 2.10 bits per heavy atom. The molecule has 2 rings (SSSR count). The molecule has 1 aromatic carbocycles. The predicted octanol–water partition coefficient (Wildman–Crippen LogP) is 1.93. The largest absolute Gasteiger partial charge is 0.490 e. The molecule has 1 N–H and O–H groups in total. The summed E-state index contributed by atoms with van der Waals surface area (Å²) in [5, 5.41) is 9.15. The molecule has 1 aromatic heterocycles. The Morgan fingerprint density at radius 3 is 2.75 bits per heavy atom. The number of rotatable bonds is 7. The van der Waals surface area contributed by atoms with Gasteiger partial charge in [0, 0.05) is 25.9 Å². The van der Waals surface area contributed by atoms with E-state index in [1.165, 1.54) is 0 Å². The number of nitrogens with zero attached hydrogens (tertiary/aromatic N) is 2. The van der Waals surface area contributed by atoms with Crippen molar-refractivity contribution in [3.63, 3.8) is 0 Å². The number of aliphatic hydroxyl groups is 1. The van der Waals surface area contributed by atoms with E-state index in [4.69, 9.17) is 14.6 Å². The summed E-state index contributed by atoms with van der Waals surface area (Å²) < 4.78 is 13.3. The Kier molecular flexibility index (Phi) is 5.01. The van der Waals surface area contributed by atoms with Crippen LogP contribution in [-0.4, -0.2) is 27.9 Å². The van der Waals surface area contributed by atoms with E-state index in [0.717, 1.165) is 17.8 Å². The van der Waals surface area contributed by atoms with Crippen LogP contribution in [0.5, 0.6) is 11.5 Å². The molecule has 5 heteroatoms. The van der Waals surface area contributed by atoms with Gasteiger partial charge in [0.2, 0.25) is 0 Å². The second kappa shape index (κ2) is 6.96. The van der Waals surface area contributed by atoms with Crippen LogP contribution in [0.4, 0.5) is 0 Å². The first-order chi connectivity index (χ1) is 9.74. The maximum atomic E-state index is 9.15. The summed E-state index contributed by atoms with van der Waals surface area (Å²) in [5.41, 5.74) is 0.810. The monoisotopic (exact) mass is 276 g/mol. The van der Waals surface area contributed by atoms with Crippen LogP contribution in [0.3, 0.4) is 0 Å². The molecule has 0 atom stereocenters. The van der Waals surface area contributed by atoms with Gasteiger partial charge in [0.25, 0.3) is 0 Å². The van der Waals surface area contributed by atoms with Crippen molar-refractivity contribution in [2.45, 2.75) is 20.0 Å². The molecule has 0 saturated carbocycles. The lowest BCUT2D eigenvalue weighted by atomic mass is 10.2. The number of hydrogen-bond donors (Lipinski definition) is 1. The molecule has 2 aromatic rings. The lowest BCUT2D eigenvalue weighted by Gasteiger charge is -2.13. The van der Waals surface area contributed by atoms with Crippen molar-refractivity contribution in [1.82, 2.24) is 9.55 Å². The number of aliphatic hydroxyl groups excluding tert-OH is 1. The summed E-state index contributed by atoms with van der Waals surface area (Å²) in [6, 6.07) is 5.47. The standard InChI is InChI=1S/C15H20N2O3/c1-3-19-14-10-12(11-18)4-5-13(14)20-9-6-15-16-7-8-17(15)2/h4-5,7-8,10,18H,3,6,9,11H2,1-2H3. The Balaban J connectivity index is 1.99. The van der Waals surface area contributed by atoms with Crippen molar-refractivity contribution in [2.24, 2.45) is 7.05 Å². The minimum absolute atomic E-state index is 0.00633. The fourth-order valence-corrected chi connectivity index (χ4v) is 1.93. The third-order valence-electron chi connectivity index (χ3n) is 2.99. The molecule has 0 aliphatic heterocycles. The molecular weight excluding hydrogens is 256 g/mol. The Morgan fingerprint density at radius 1 is 1.25 bits per heavy atom. The number of hydrogen-bond acceptors (Lipinski definition) is 4. The van der Waals surface area contributed by atoms with E-state index in [0.29, 0.717) is 24.7 Å². The molecule has 0 saturated heterocycles. The SMILES string of the molecule is CCOc1cc(CO)ccc1OCCc1nccn1C. The van der Waals surface area contributed by atoms with Crippen molar-refractivity contribution < 1.29 is 14.6 Å². The molecule has 0 spiro atoms. The van der Waals surface area contributed by atoms with Crippen LogP contribution in [0.1, 0.15) is 18.3 Å². The molecule has 0 unspecified atom stereocenters. The number of benzene rings is 1. The Labute approximate surface area is 118 Å². The molecule has 0 amide bonds. The first-order valence-electron chi connectivity index (χ1n) is 6.70. The molecular formula is C15H20N2O3. The maximum absolute atomic E-state index is 9.15. The van der Waals surface area contributed by atoms with E-state index in [-0.39, 0.29) is 6.61 Å². The van der Waals surface area contributed by atoms with Crippen LogP contribution in [0.25, 0.3) is 0 Å². The summed E-state index contributed by atoms with van der Waals surface area (Å²) >= 11 is 0. The molecule has 108 valence electrons. The second-order valence-electron chi connectivity index (χ2n) is 4.43. The lowest BCUT2D eigenvalue weighted by Crippen LogP contribution is -2.07. The third kappa shape index (κ3) is 3.51. The zero-order valence-electron chi connectivity index (χ0n) is 11.9. The average molecular weight is 276 g/mol. The Hall–Kier alpha value is -2.01. The van der Waals surface area contributed by atoms with Crippen molar-refractivity contribution in [1.29, 1.82) is 0 Å². The van der Waals surface area contributed by atoms with E-state index in [1.807, 2.05) is 36.9 Å². The van der Waals surface area contributed by atoms with Crippen molar-refractivity contribution in [3.05, 3.63) is 42.0 Å². The molecule has 0 bridgehead atoms. The lowest BCUT2D eigenvalue weighted by molar-refractivity contribution is 0.269. The van der Waals surface area contributed by atoms with Gasteiger partial charge >= 0.3 is 0 Å². The van der Waals surface area contributed by atoms with Crippen LogP contribution < -0.4 is 9.47 Å². The highest BCUT2D eigenvalue weighted by Gasteiger charge is 2.07. The summed E-state index contributed by atoms with van der Waals surface area (Å²) in [7, 11) is 1.96. The van der Waals surface area contributed by atoms with E-state index >= 15 is 0 Å². The third-order valence-corrected chi connectivity index (χ3v) is 2.99. The fourth-order valence-electron chi connectivity index (χ4n) is 1.93. The molecule has 0 radical (unpaired) electrons. The van der Waals surface area contributed by atoms with Gasteiger partial charge in [-0.05, 0) is 24.6 Å². The zero-order valence-corrected chi connectivity index (χ0v) is 11.9. The fraction of sp³-hybridized carbons (Fsp3) is 0.400. The minimum Gasteiger partial charge on any atom is -0.490 e. The van der Waals surface area contributed by atoms with Gasteiger partial charge in [-0.15, -0.1) is 0 Å². The van der Waals surface area contributed by atoms with Gasteiger partial charge in [0.1, 0.15) is 5.82 Å². The molecule has 0 fully saturated rings. The van der Waals surface area contributed by atoms with Crippen molar-refractivity contribution in [3.8, 4) is 11.5 Å². The zero-order chi connectivity index (χ0) is 14.4. The smallest absolute Gasteiger partial charge is 0.161 e. The normalized spacial score (nSPS) is 10.6. The van der Waals surface area contributed by atoms with Gasteiger partial charge in [-0.3, -0.25) is 0 Å². The molecule has 5 nitrogen and oxygen atoms in total. The van der Waals surface area contributed by atoms with Crippen LogP contribution in [0, 0.1) is 0 Å². The minimum atomic E-state index is -0.00633. The first-order valence-corrected chi connectivity index (χ1v) is 6.70. The summed E-state index contributed by atoms with van der Waals surface area (Å²) in [4.78, 5) is 4.25. The summed E-state index contributed by atoms with van der Waals surface area (Å²) in [5.74, 6) is 2.34. The number of ether oxygens (including phenoxy) is 2. The van der Waals surface area contributed by atoms with Crippen molar-refractivity contribution >= 4 is 0 Å². The van der Waals surface area contributed by atoms with Crippen LogP contribution in [0.15, 0.2) is 30.6 Å². The van der Waals surface area contributed by atoms with Gasteiger partial charge < -0.3 is 19.1 Å². The van der Waals surface area contributed by atoms with E-state index < -0.39 is 0 Å². The number of aryl methyl sites for hydroxylation is 1. The highest BCUT2D eigenvalue weighted by molar-refractivity contribution is 5.42. The van der Waals surface area contributed by atoms with Gasteiger partial charge in [-0.25, -0.2) is 4.98 Å². The maximum Gasteiger partial charge on any atom is 0.161 e.